The number of imide groups is 1. The summed E-state index contributed by atoms with van der Waals surface area (Å²) in [4.78, 5) is 50.8. The molecule has 2 amide bonds. The number of halogens is 1. The van der Waals surface area contributed by atoms with Crippen LogP contribution in [-0.4, -0.2) is 41.1 Å². The Labute approximate surface area is 155 Å². The first-order chi connectivity index (χ1) is 12.9. The molecule has 0 radical (unpaired) electrons. The van der Waals surface area contributed by atoms with Crippen molar-refractivity contribution < 1.29 is 28.3 Å². The Morgan fingerprint density at radius 2 is 1.67 bits per heavy atom. The SMILES string of the molecule is C[C@@H](C(=O)OCC(=O)c1ccc(F)cc1)N1C(=O)[C@@H]2[C@@H]3CC[C@@H](C3)[C@@H]2C1=O. The molecule has 7 heteroatoms. The minimum absolute atomic E-state index is 0.219. The second kappa shape index (κ2) is 6.55. The number of ether oxygens (including phenoxy) is 1. The lowest BCUT2D eigenvalue weighted by Crippen LogP contribution is -2.45. The molecule has 2 saturated carbocycles. The van der Waals surface area contributed by atoms with Crippen LogP contribution >= 0.6 is 0 Å². The monoisotopic (exact) mass is 373 g/mol. The third-order valence-electron chi connectivity index (χ3n) is 6.20. The third kappa shape index (κ3) is 2.85. The maximum Gasteiger partial charge on any atom is 0.329 e. The molecule has 1 aliphatic heterocycles. The van der Waals surface area contributed by atoms with E-state index in [0.717, 1.165) is 36.3 Å². The Bertz CT molecular complexity index is 792. The fourth-order valence-corrected chi connectivity index (χ4v) is 4.90. The van der Waals surface area contributed by atoms with Crippen molar-refractivity contribution in [2.75, 3.05) is 6.61 Å². The van der Waals surface area contributed by atoms with Gasteiger partial charge in [-0.1, -0.05) is 0 Å². The number of nitrogens with zero attached hydrogens (tertiary/aromatic N) is 1. The molecule has 1 aromatic rings. The van der Waals surface area contributed by atoms with E-state index in [4.69, 9.17) is 4.74 Å². The minimum Gasteiger partial charge on any atom is -0.456 e. The topological polar surface area (TPSA) is 80.8 Å². The number of Topliss-reactive ketones (excluding diaryl/α,β-unsaturated/α-hetero) is 1. The molecule has 3 fully saturated rings. The van der Waals surface area contributed by atoms with Gasteiger partial charge in [-0.25, -0.2) is 9.18 Å². The number of rotatable bonds is 5. The first-order valence-corrected chi connectivity index (χ1v) is 9.20. The van der Waals surface area contributed by atoms with E-state index in [-0.39, 0.29) is 41.0 Å². The molecular weight excluding hydrogens is 353 g/mol. The summed E-state index contributed by atoms with van der Waals surface area (Å²) in [6.45, 7) is 0.923. The van der Waals surface area contributed by atoms with Gasteiger partial charge in [-0.2, -0.15) is 0 Å². The molecule has 2 bridgehead atoms. The van der Waals surface area contributed by atoms with Gasteiger partial charge < -0.3 is 4.74 Å². The number of benzene rings is 1. The number of likely N-dealkylation sites (tertiary alicyclic amines) is 1. The number of carbonyl (C=O) groups is 4. The summed E-state index contributed by atoms with van der Waals surface area (Å²) >= 11 is 0. The number of hydrogen-bond donors (Lipinski definition) is 0. The zero-order valence-corrected chi connectivity index (χ0v) is 14.9. The molecule has 1 heterocycles. The normalized spacial score (nSPS) is 29.8. The van der Waals surface area contributed by atoms with E-state index in [2.05, 4.69) is 0 Å². The number of fused-ring (bicyclic) bond motifs is 5. The molecule has 0 unspecified atom stereocenters. The van der Waals surface area contributed by atoms with Gasteiger partial charge in [0, 0.05) is 5.56 Å². The fraction of sp³-hybridized carbons (Fsp3) is 0.500. The summed E-state index contributed by atoms with van der Waals surface area (Å²) in [5, 5.41) is 0. The zero-order chi connectivity index (χ0) is 19.3. The molecule has 142 valence electrons. The van der Waals surface area contributed by atoms with Crippen molar-refractivity contribution in [2.45, 2.75) is 32.2 Å². The van der Waals surface area contributed by atoms with Crippen molar-refractivity contribution in [3.05, 3.63) is 35.6 Å². The predicted octanol–water partition coefficient (Wildman–Crippen LogP) is 1.97. The van der Waals surface area contributed by atoms with Crippen LogP contribution in [0.4, 0.5) is 4.39 Å². The second-order valence-electron chi connectivity index (χ2n) is 7.65. The smallest absolute Gasteiger partial charge is 0.329 e. The van der Waals surface area contributed by atoms with E-state index in [0.29, 0.717) is 0 Å². The van der Waals surface area contributed by atoms with Gasteiger partial charge in [0.1, 0.15) is 11.9 Å². The maximum atomic E-state index is 12.9. The number of amides is 2. The van der Waals surface area contributed by atoms with Crippen LogP contribution in [0.2, 0.25) is 0 Å². The molecule has 5 atom stereocenters. The fourth-order valence-electron chi connectivity index (χ4n) is 4.90. The quantitative estimate of drug-likeness (QED) is 0.448. The van der Waals surface area contributed by atoms with Crippen LogP contribution in [-0.2, 0) is 19.1 Å². The third-order valence-corrected chi connectivity index (χ3v) is 6.20. The van der Waals surface area contributed by atoms with Gasteiger partial charge in [0.2, 0.25) is 11.8 Å². The Kier molecular flexibility index (Phi) is 4.32. The van der Waals surface area contributed by atoms with Crippen LogP contribution in [0, 0.1) is 29.5 Å². The van der Waals surface area contributed by atoms with E-state index >= 15 is 0 Å². The van der Waals surface area contributed by atoms with Gasteiger partial charge >= 0.3 is 5.97 Å². The van der Waals surface area contributed by atoms with Gasteiger partial charge in [-0.05, 0) is 62.3 Å². The molecule has 27 heavy (non-hydrogen) atoms. The molecule has 1 saturated heterocycles. The van der Waals surface area contributed by atoms with E-state index in [9.17, 15) is 23.6 Å². The second-order valence-corrected chi connectivity index (χ2v) is 7.65. The lowest BCUT2D eigenvalue weighted by Gasteiger charge is -2.22. The van der Waals surface area contributed by atoms with Gasteiger partial charge in [0.05, 0.1) is 11.8 Å². The van der Waals surface area contributed by atoms with Crippen molar-refractivity contribution in [3.8, 4) is 0 Å². The van der Waals surface area contributed by atoms with Crippen LogP contribution in [0.15, 0.2) is 24.3 Å². The van der Waals surface area contributed by atoms with Crippen molar-refractivity contribution in [3.63, 3.8) is 0 Å². The zero-order valence-electron chi connectivity index (χ0n) is 14.9. The highest BCUT2D eigenvalue weighted by atomic mass is 19.1. The molecular formula is C20H20FNO5. The van der Waals surface area contributed by atoms with E-state index in [1.807, 2.05) is 0 Å². The summed E-state index contributed by atoms with van der Waals surface area (Å²) in [5.74, 6) is -2.43. The standard InChI is InChI=1S/C20H20FNO5/c1-10(20(26)27-9-15(23)11-4-6-14(21)7-5-11)22-18(24)16-12-2-3-13(8-12)17(16)19(22)25/h4-7,10,12-13,16-17H,2-3,8-9H2,1H3/t10-,12-,13+,16-,17+/m0/s1. The predicted molar refractivity (Wildman–Crippen MR) is 90.8 cm³/mol. The molecule has 1 aromatic carbocycles. The summed E-state index contributed by atoms with van der Waals surface area (Å²) in [7, 11) is 0. The molecule has 0 spiro atoms. The van der Waals surface area contributed by atoms with Crippen molar-refractivity contribution >= 4 is 23.6 Å². The average molecular weight is 373 g/mol. The Morgan fingerprint density at radius 3 is 2.22 bits per heavy atom. The highest BCUT2D eigenvalue weighted by Crippen LogP contribution is 2.56. The molecule has 2 aliphatic carbocycles. The van der Waals surface area contributed by atoms with Crippen molar-refractivity contribution in [1.82, 2.24) is 4.90 Å². The van der Waals surface area contributed by atoms with Crippen LogP contribution in [0.3, 0.4) is 0 Å². The van der Waals surface area contributed by atoms with E-state index in [1.54, 1.807) is 0 Å². The number of hydrogen-bond acceptors (Lipinski definition) is 5. The summed E-state index contributed by atoms with van der Waals surface area (Å²) < 4.78 is 17.9. The molecule has 4 rings (SSSR count). The molecule has 3 aliphatic rings. The molecule has 0 aromatic heterocycles. The van der Waals surface area contributed by atoms with Gasteiger partial charge in [-0.3, -0.25) is 19.3 Å². The van der Waals surface area contributed by atoms with Crippen LogP contribution < -0.4 is 0 Å². The van der Waals surface area contributed by atoms with Gasteiger partial charge in [0.15, 0.2) is 12.4 Å². The number of esters is 1. The summed E-state index contributed by atoms with van der Waals surface area (Å²) in [6.07, 6.45) is 2.85. The Balaban J connectivity index is 1.39. The molecule has 6 nitrogen and oxygen atoms in total. The number of ketones is 1. The highest BCUT2D eigenvalue weighted by Gasteiger charge is 2.62. The molecule has 0 N–H and O–H groups in total. The Hall–Kier alpha value is -2.57. The van der Waals surface area contributed by atoms with Gasteiger partial charge in [0.25, 0.3) is 0 Å². The lowest BCUT2D eigenvalue weighted by atomic mass is 9.81. The first-order valence-electron chi connectivity index (χ1n) is 9.20. The number of carbonyl (C=O) groups excluding carboxylic acids is 4. The van der Waals surface area contributed by atoms with Crippen LogP contribution in [0.5, 0.6) is 0 Å². The highest BCUT2D eigenvalue weighted by molar-refractivity contribution is 6.08. The summed E-state index contributed by atoms with van der Waals surface area (Å²) in [5.41, 5.74) is 0.219. The van der Waals surface area contributed by atoms with E-state index < -0.39 is 30.2 Å². The van der Waals surface area contributed by atoms with E-state index in [1.165, 1.54) is 19.1 Å². The van der Waals surface area contributed by atoms with Gasteiger partial charge in [-0.15, -0.1) is 0 Å². The lowest BCUT2D eigenvalue weighted by molar-refractivity contribution is -0.157. The first kappa shape index (κ1) is 17.8. The maximum absolute atomic E-state index is 12.9. The van der Waals surface area contributed by atoms with Crippen LogP contribution in [0.25, 0.3) is 0 Å². The Morgan fingerprint density at radius 1 is 1.11 bits per heavy atom. The van der Waals surface area contributed by atoms with Crippen LogP contribution in [0.1, 0.15) is 36.5 Å². The van der Waals surface area contributed by atoms with Crippen molar-refractivity contribution in [2.24, 2.45) is 23.7 Å². The largest absolute Gasteiger partial charge is 0.456 e. The van der Waals surface area contributed by atoms with Crippen molar-refractivity contribution in [1.29, 1.82) is 0 Å². The summed E-state index contributed by atoms with van der Waals surface area (Å²) in [6, 6.07) is 3.84. The average Bonchev–Trinajstić information content (AvgIpc) is 3.33. The minimum atomic E-state index is -1.06.